The van der Waals surface area contributed by atoms with Gasteiger partial charge in [0.15, 0.2) is 17.2 Å². The number of nitrogens with one attached hydrogen (secondary N) is 1. The first-order valence-electron chi connectivity index (χ1n) is 14.6. The van der Waals surface area contributed by atoms with Crippen LogP contribution in [-0.2, 0) is 23.8 Å². The zero-order valence-corrected chi connectivity index (χ0v) is 24.0. The van der Waals surface area contributed by atoms with Crippen molar-refractivity contribution in [1.82, 2.24) is 10.3 Å². The zero-order valence-electron chi connectivity index (χ0n) is 24.0. The molecule has 220 valence electrons. The van der Waals surface area contributed by atoms with E-state index in [0.29, 0.717) is 5.92 Å². The van der Waals surface area contributed by atoms with E-state index in [1.165, 1.54) is 58.4 Å². The number of amides is 1. The van der Waals surface area contributed by atoms with Gasteiger partial charge in [-0.1, -0.05) is 0 Å². The van der Waals surface area contributed by atoms with Crippen molar-refractivity contribution >= 4 is 17.8 Å². The quantitative estimate of drug-likeness (QED) is 0.282. The lowest BCUT2D eigenvalue weighted by Crippen LogP contribution is -2.56. The highest BCUT2D eigenvalue weighted by molar-refractivity contribution is 5.98. The summed E-state index contributed by atoms with van der Waals surface area (Å²) in [6.45, 7) is 5.07. The van der Waals surface area contributed by atoms with E-state index in [1.807, 2.05) is 6.92 Å². The van der Waals surface area contributed by atoms with Gasteiger partial charge in [-0.05, 0) is 88.9 Å². The normalized spacial score (nSPS) is 28.8. The molecule has 5 aliphatic carbocycles. The molecule has 0 saturated heterocycles. The summed E-state index contributed by atoms with van der Waals surface area (Å²) in [5.41, 5.74) is -0.0347. The lowest BCUT2D eigenvalue weighted by molar-refractivity contribution is -0.192. The summed E-state index contributed by atoms with van der Waals surface area (Å²) in [6.07, 6.45) is 10.7. The van der Waals surface area contributed by atoms with Crippen molar-refractivity contribution in [3.63, 3.8) is 0 Å². The molecule has 1 amide bonds. The molecule has 1 heterocycles. The minimum absolute atomic E-state index is 0.00745. The lowest BCUT2D eigenvalue weighted by Gasteiger charge is -2.59. The molecular weight excluding hydrogens is 516 g/mol. The summed E-state index contributed by atoms with van der Waals surface area (Å²) >= 11 is 0. The van der Waals surface area contributed by atoms with Crippen molar-refractivity contribution in [2.24, 2.45) is 29.1 Å². The predicted molar refractivity (Wildman–Crippen MR) is 144 cm³/mol. The summed E-state index contributed by atoms with van der Waals surface area (Å²) in [5, 5.41) is 2.67. The van der Waals surface area contributed by atoms with Crippen LogP contribution in [0.4, 0.5) is 0 Å². The smallest absolute Gasteiger partial charge is 0.328 e. The van der Waals surface area contributed by atoms with Crippen molar-refractivity contribution < 1.29 is 38.1 Å². The predicted octanol–water partition coefficient (Wildman–Crippen LogP) is 4.05. The highest BCUT2D eigenvalue weighted by Gasteiger charge is 2.56. The summed E-state index contributed by atoms with van der Waals surface area (Å²) in [4.78, 5) is 41.6. The molecule has 1 aromatic rings. The molecule has 6 rings (SSSR count). The Morgan fingerprint density at radius 3 is 2.30 bits per heavy atom. The molecule has 1 aromatic heterocycles. The number of nitrogens with zero attached hydrogens (tertiary/aromatic N) is 1. The Morgan fingerprint density at radius 1 is 1.07 bits per heavy atom. The largest absolute Gasteiger partial charge is 0.493 e. The van der Waals surface area contributed by atoms with E-state index in [4.69, 9.17) is 23.7 Å². The van der Waals surface area contributed by atoms with Gasteiger partial charge < -0.3 is 29.0 Å². The molecule has 10 nitrogen and oxygen atoms in total. The van der Waals surface area contributed by atoms with Crippen LogP contribution >= 0.6 is 0 Å². The van der Waals surface area contributed by atoms with Crippen LogP contribution in [0.3, 0.4) is 0 Å². The van der Waals surface area contributed by atoms with Gasteiger partial charge in [0.25, 0.3) is 5.91 Å². The Kier molecular flexibility index (Phi) is 8.54. The number of ether oxygens (including phenoxy) is 5. The Balaban J connectivity index is 1.24. The molecule has 10 heteroatoms. The summed E-state index contributed by atoms with van der Waals surface area (Å²) < 4.78 is 28.2. The van der Waals surface area contributed by atoms with Crippen LogP contribution < -0.4 is 14.8 Å². The minimum Gasteiger partial charge on any atom is -0.493 e. The van der Waals surface area contributed by atoms with Gasteiger partial charge in [0.05, 0.1) is 13.2 Å². The highest BCUT2D eigenvalue weighted by Crippen LogP contribution is 2.62. The van der Waals surface area contributed by atoms with Crippen LogP contribution in [0, 0.1) is 29.1 Å². The number of aromatic nitrogens is 1. The third-order valence-corrected chi connectivity index (χ3v) is 9.10. The van der Waals surface area contributed by atoms with E-state index in [9.17, 15) is 14.4 Å². The van der Waals surface area contributed by atoms with Crippen LogP contribution in [0.2, 0.25) is 0 Å². The van der Waals surface area contributed by atoms with E-state index in [0.717, 1.165) is 43.6 Å². The number of hydrogen-bond donors (Lipinski definition) is 1. The maximum Gasteiger partial charge on any atom is 0.328 e. The number of rotatable bonds is 13. The molecule has 0 aliphatic heterocycles. The second-order valence-electron chi connectivity index (χ2n) is 12.4. The second kappa shape index (κ2) is 11.9. The van der Waals surface area contributed by atoms with Gasteiger partial charge in [0.2, 0.25) is 6.79 Å². The van der Waals surface area contributed by atoms with E-state index in [1.54, 1.807) is 6.92 Å². The van der Waals surface area contributed by atoms with Gasteiger partial charge in [-0.25, -0.2) is 9.78 Å². The number of pyridine rings is 1. The van der Waals surface area contributed by atoms with E-state index >= 15 is 0 Å². The Hall–Kier alpha value is -2.88. The topological polar surface area (TPSA) is 122 Å². The monoisotopic (exact) mass is 558 g/mol. The van der Waals surface area contributed by atoms with Gasteiger partial charge in [-0.2, -0.15) is 0 Å². The third-order valence-electron chi connectivity index (χ3n) is 9.10. The van der Waals surface area contributed by atoms with Crippen molar-refractivity contribution in [3.05, 3.63) is 18.0 Å². The van der Waals surface area contributed by atoms with Crippen molar-refractivity contribution in [3.8, 4) is 11.5 Å². The minimum atomic E-state index is -0.940. The summed E-state index contributed by atoms with van der Waals surface area (Å²) in [6, 6.07) is 0.579. The molecule has 5 aliphatic rings. The number of carbonyl (C=O) groups is 3. The first-order chi connectivity index (χ1) is 19.2. The van der Waals surface area contributed by atoms with Crippen LogP contribution in [-0.4, -0.2) is 61.6 Å². The van der Waals surface area contributed by atoms with Gasteiger partial charge in [-0.15, -0.1) is 0 Å². The lowest BCUT2D eigenvalue weighted by atomic mass is 9.47. The van der Waals surface area contributed by atoms with Crippen LogP contribution in [0.25, 0.3) is 0 Å². The molecule has 40 heavy (non-hydrogen) atoms. The first kappa shape index (κ1) is 28.6. The van der Waals surface area contributed by atoms with Gasteiger partial charge in [0.1, 0.15) is 12.1 Å². The highest BCUT2D eigenvalue weighted by atomic mass is 16.7. The third kappa shape index (κ3) is 6.37. The molecule has 5 fully saturated rings. The van der Waals surface area contributed by atoms with Gasteiger partial charge in [-0.3, -0.25) is 9.59 Å². The molecule has 0 radical (unpaired) electrons. The Bertz CT molecular complexity index is 1070. The maximum absolute atomic E-state index is 13.2. The maximum atomic E-state index is 13.2. The van der Waals surface area contributed by atoms with E-state index in [-0.39, 0.29) is 28.7 Å². The molecule has 5 saturated carbocycles. The molecule has 0 spiro atoms. The molecule has 4 bridgehead atoms. The fraction of sp³-hybridized carbons (Fsp3) is 0.733. The molecular formula is C30H42N2O8. The van der Waals surface area contributed by atoms with Crippen molar-refractivity contribution in [2.75, 3.05) is 20.5 Å². The van der Waals surface area contributed by atoms with Crippen LogP contribution in [0.1, 0.15) is 82.6 Å². The molecule has 0 aromatic carbocycles. The average molecular weight is 559 g/mol. The fourth-order valence-corrected chi connectivity index (χ4v) is 7.60. The second-order valence-corrected chi connectivity index (χ2v) is 12.4. The van der Waals surface area contributed by atoms with E-state index < -0.39 is 36.8 Å². The Morgan fingerprint density at radius 2 is 1.73 bits per heavy atom. The fourth-order valence-electron chi connectivity index (χ4n) is 7.60. The molecule has 3 atom stereocenters. The number of methoxy groups -OCH3 is 1. The summed E-state index contributed by atoms with van der Waals surface area (Å²) in [5.74, 6) is 1.42. The van der Waals surface area contributed by atoms with Crippen LogP contribution in [0.15, 0.2) is 12.3 Å². The van der Waals surface area contributed by atoms with Gasteiger partial charge >= 0.3 is 11.9 Å². The van der Waals surface area contributed by atoms with Gasteiger partial charge in [0, 0.05) is 31.2 Å². The first-order valence-corrected chi connectivity index (χ1v) is 14.6. The molecule has 0 unspecified atom stereocenters. The van der Waals surface area contributed by atoms with Crippen molar-refractivity contribution in [2.45, 2.75) is 90.4 Å². The van der Waals surface area contributed by atoms with Crippen molar-refractivity contribution in [1.29, 1.82) is 0 Å². The standard InChI is InChI=1S/C30H42N2O8/c1-17(32-28(34)25-26(39-16-38-19(3)33)24(36-4)7-8-31-25)29(35)40-18(2)27(37-15-20-5-6-20)30-12-21-9-22(13-30)11-23(10-21)14-30/h7-8,17-18,20-23,27H,5-6,9-16H2,1-4H3,(H,32,34)/t17-,18-,21?,22?,23?,27+,30?/m0/s1. The molecule has 1 N–H and O–H groups in total. The SMILES string of the molecule is COc1ccnc(C(=O)N[C@@H](C)C(=O)O[C@@H](C)[C@@H](OCC2CC2)C23CC4CC(CC(C4)C2)C3)c1OCOC(C)=O. The average Bonchev–Trinajstić information content (AvgIpc) is 3.72. The number of esters is 2. The number of hydrogen-bond acceptors (Lipinski definition) is 9. The summed E-state index contributed by atoms with van der Waals surface area (Å²) in [7, 11) is 1.42. The Labute approximate surface area is 235 Å². The van der Waals surface area contributed by atoms with Crippen LogP contribution in [0.5, 0.6) is 11.5 Å². The zero-order chi connectivity index (χ0) is 28.4. The van der Waals surface area contributed by atoms with E-state index in [2.05, 4.69) is 10.3 Å². The number of carbonyl (C=O) groups excluding carboxylic acids is 3.